The molecule has 3 aromatic carbocycles. The molecule has 4 rings (SSSR count). The van der Waals surface area contributed by atoms with Crippen molar-refractivity contribution in [2.45, 2.75) is 33.3 Å². The van der Waals surface area contributed by atoms with Crippen LogP contribution < -0.4 is 9.80 Å². The highest BCUT2D eigenvalue weighted by Gasteiger charge is 2.48. The van der Waals surface area contributed by atoms with Gasteiger partial charge in [0.15, 0.2) is 5.60 Å². The second kappa shape index (κ2) is 9.07. The Morgan fingerprint density at radius 2 is 1.09 bits per heavy atom. The van der Waals surface area contributed by atoms with Crippen LogP contribution in [0.4, 0.5) is 11.4 Å². The van der Waals surface area contributed by atoms with Crippen molar-refractivity contribution in [3.8, 4) is 0 Å². The first-order chi connectivity index (χ1) is 15.6. The van der Waals surface area contributed by atoms with E-state index in [4.69, 9.17) is 4.74 Å². The van der Waals surface area contributed by atoms with Crippen molar-refractivity contribution in [1.82, 2.24) is 0 Å². The fraction of sp³-hybridized carbons (Fsp3) is 0.321. The number of rotatable bonds is 8. The van der Waals surface area contributed by atoms with E-state index in [-0.39, 0.29) is 5.97 Å². The predicted octanol–water partition coefficient (Wildman–Crippen LogP) is 5.84. The van der Waals surface area contributed by atoms with Gasteiger partial charge in [-0.05, 0) is 58.0 Å². The molecule has 0 saturated heterocycles. The number of hydrogen-bond acceptors (Lipinski definition) is 4. The fourth-order valence-electron chi connectivity index (χ4n) is 4.80. The molecular weight excluding hydrogens is 396 g/mol. The van der Waals surface area contributed by atoms with Gasteiger partial charge in [-0.1, -0.05) is 42.5 Å². The van der Waals surface area contributed by atoms with Gasteiger partial charge < -0.3 is 14.5 Å². The Hall–Kier alpha value is -3.27. The molecule has 32 heavy (non-hydrogen) atoms. The average Bonchev–Trinajstić information content (AvgIpc) is 3.15. The summed E-state index contributed by atoms with van der Waals surface area (Å²) in [5.74, 6) is -0.277. The van der Waals surface area contributed by atoms with Gasteiger partial charge in [-0.2, -0.15) is 0 Å². The quantitative estimate of drug-likeness (QED) is 0.422. The standard InChI is InChI=1S/C28H32N2O2/c1-5-29(6-2)23-17-13-21(14-18-23)28(26-12-10-9-11-25(26)27(31)32-28)22-15-19-24(20-16-22)30(7-3)8-4/h9-20H,5-8H2,1-4H3. The summed E-state index contributed by atoms with van der Waals surface area (Å²) in [6.45, 7) is 12.4. The Morgan fingerprint density at radius 1 is 0.656 bits per heavy atom. The number of ether oxygens (including phenoxy) is 1. The normalized spacial score (nSPS) is 14.1. The van der Waals surface area contributed by atoms with Crippen LogP contribution in [0.5, 0.6) is 0 Å². The highest BCUT2D eigenvalue weighted by molar-refractivity contribution is 5.96. The van der Waals surface area contributed by atoms with Crippen LogP contribution in [0.25, 0.3) is 0 Å². The summed E-state index contributed by atoms with van der Waals surface area (Å²) in [6.07, 6.45) is 0. The minimum absolute atomic E-state index is 0.277. The van der Waals surface area contributed by atoms with E-state index < -0.39 is 5.60 Å². The van der Waals surface area contributed by atoms with Gasteiger partial charge in [0.2, 0.25) is 0 Å². The van der Waals surface area contributed by atoms with Crippen LogP contribution in [0.15, 0.2) is 72.8 Å². The van der Waals surface area contributed by atoms with Crippen LogP contribution in [-0.2, 0) is 10.3 Å². The van der Waals surface area contributed by atoms with E-state index in [1.807, 2.05) is 24.3 Å². The van der Waals surface area contributed by atoms with E-state index in [0.717, 1.165) is 42.9 Å². The molecule has 0 aliphatic carbocycles. The third-order valence-corrected chi connectivity index (χ3v) is 6.58. The summed E-state index contributed by atoms with van der Waals surface area (Å²) in [6, 6.07) is 24.6. The van der Waals surface area contributed by atoms with Crippen LogP contribution in [-0.4, -0.2) is 32.1 Å². The minimum atomic E-state index is -0.947. The number of hydrogen-bond donors (Lipinski definition) is 0. The molecule has 0 saturated carbocycles. The molecular formula is C28H32N2O2. The molecule has 0 fully saturated rings. The van der Waals surface area contributed by atoms with Crippen molar-refractivity contribution < 1.29 is 9.53 Å². The zero-order chi connectivity index (χ0) is 22.7. The molecule has 0 spiro atoms. The van der Waals surface area contributed by atoms with Gasteiger partial charge >= 0.3 is 5.97 Å². The monoisotopic (exact) mass is 428 g/mol. The van der Waals surface area contributed by atoms with Crippen molar-refractivity contribution in [3.05, 3.63) is 95.1 Å². The predicted molar refractivity (Wildman–Crippen MR) is 132 cm³/mol. The van der Waals surface area contributed by atoms with Gasteiger partial charge in [0.25, 0.3) is 0 Å². The fourth-order valence-corrected chi connectivity index (χ4v) is 4.80. The number of carbonyl (C=O) groups is 1. The van der Waals surface area contributed by atoms with Gasteiger partial charge in [-0.15, -0.1) is 0 Å². The number of nitrogens with zero attached hydrogens (tertiary/aromatic N) is 2. The highest BCUT2D eigenvalue weighted by atomic mass is 16.6. The number of benzene rings is 3. The molecule has 4 nitrogen and oxygen atoms in total. The number of anilines is 2. The number of cyclic esters (lactones) is 1. The van der Waals surface area contributed by atoms with Gasteiger partial charge in [0.05, 0.1) is 5.56 Å². The molecule has 1 aliphatic rings. The number of carbonyl (C=O) groups excluding carboxylic acids is 1. The SMILES string of the molecule is CCN(CC)c1ccc(C2(c3ccc(N(CC)CC)cc3)OC(=O)c3ccccc32)cc1. The van der Waals surface area contributed by atoms with E-state index >= 15 is 0 Å². The molecule has 166 valence electrons. The van der Waals surface area contributed by atoms with Crippen LogP contribution in [0.2, 0.25) is 0 Å². The second-order valence-corrected chi connectivity index (χ2v) is 8.05. The lowest BCUT2D eigenvalue weighted by Gasteiger charge is -2.31. The average molecular weight is 429 g/mol. The molecule has 1 aliphatic heterocycles. The third-order valence-electron chi connectivity index (χ3n) is 6.58. The zero-order valence-corrected chi connectivity index (χ0v) is 19.5. The van der Waals surface area contributed by atoms with Crippen molar-refractivity contribution in [2.75, 3.05) is 36.0 Å². The summed E-state index contributed by atoms with van der Waals surface area (Å²) >= 11 is 0. The Balaban J connectivity index is 1.86. The van der Waals surface area contributed by atoms with Crippen LogP contribution in [0, 0.1) is 0 Å². The van der Waals surface area contributed by atoms with Gasteiger partial charge in [-0.25, -0.2) is 4.79 Å². The van der Waals surface area contributed by atoms with E-state index in [9.17, 15) is 4.79 Å². The van der Waals surface area contributed by atoms with E-state index in [0.29, 0.717) is 5.56 Å². The first-order valence-electron chi connectivity index (χ1n) is 11.6. The lowest BCUT2D eigenvalue weighted by Crippen LogP contribution is -2.30. The van der Waals surface area contributed by atoms with Crippen molar-refractivity contribution in [1.29, 1.82) is 0 Å². The second-order valence-electron chi connectivity index (χ2n) is 8.05. The van der Waals surface area contributed by atoms with Crippen molar-refractivity contribution in [3.63, 3.8) is 0 Å². The lowest BCUT2D eigenvalue weighted by molar-refractivity contribution is 0.0251. The molecule has 0 amide bonds. The first kappa shape index (κ1) is 21.9. The highest BCUT2D eigenvalue weighted by Crippen LogP contribution is 2.47. The first-order valence-corrected chi connectivity index (χ1v) is 11.6. The Morgan fingerprint density at radius 3 is 1.53 bits per heavy atom. The third kappa shape index (κ3) is 3.54. The summed E-state index contributed by atoms with van der Waals surface area (Å²) in [5.41, 5.74) is 4.85. The lowest BCUT2D eigenvalue weighted by atomic mass is 9.80. The number of esters is 1. The van der Waals surface area contributed by atoms with Gasteiger partial charge in [-0.3, -0.25) is 0 Å². The Bertz CT molecular complexity index is 1010. The minimum Gasteiger partial charge on any atom is -0.441 e. The van der Waals surface area contributed by atoms with Crippen LogP contribution in [0.1, 0.15) is 54.7 Å². The van der Waals surface area contributed by atoms with Crippen LogP contribution in [0.3, 0.4) is 0 Å². The summed E-state index contributed by atoms with van der Waals surface area (Å²) in [4.78, 5) is 17.5. The zero-order valence-electron chi connectivity index (χ0n) is 19.5. The smallest absolute Gasteiger partial charge is 0.340 e. The summed E-state index contributed by atoms with van der Waals surface area (Å²) in [7, 11) is 0. The topological polar surface area (TPSA) is 32.8 Å². The van der Waals surface area contributed by atoms with Gasteiger partial charge in [0, 0.05) is 54.2 Å². The van der Waals surface area contributed by atoms with Crippen molar-refractivity contribution >= 4 is 17.3 Å². The Kier molecular flexibility index (Phi) is 6.22. The molecule has 0 N–H and O–H groups in total. The molecule has 1 heterocycles. The molecule has 4 heteroatoms. The van der Waals surface area contributed by atoms with E-state index in [2.05, 4.69) is 86.0 Å². The maximum Gasteiger partial charge on any atom is 0.340 e. The molecule has 0 aromatic heterocycles. The van der Waals surface area contributed by atoms with E-state index in [1.165, 1.54) is 11.4 Å². The maximum absolute atomic E-state index is 12.9. The number of fused-ring (bicyclic) bond motifs is 1. The molecule has 0 bridgehead atoms. The van der Waals surface area contributed by atoms with Gasteiger partial charge in [0.1, 0.15) is 0 Å². The van der Waals surface area contributed by atoms with E-state index in [1.54, 1.807) is 0 Å². The molecule has 3 aromatic rings. The molecule has 0 atom stereocenters. The summed E-state index contributed by atoms with van der Waals surface area (Å²) in [5, 5.41) is 0. The Labute approximate surface area is 191 Å². The maximum atomic E-state index is 12.9. The van der Waals surface area contributed by atoms with Crippen molar-refractivity contribution in [2.24, 2.45) is 0 Å². The molecule has 0 unspecified atom stereocenters. The molecule has 0 radical (unpaired) electrons. The van der Waals surface area contributed by atoms with Crippen LogP contribution >= 0.6 is 0 Å². The summed E-state index contributed by atoms with van der Waals surface area (Å²) < 4.78 is 6.23. The largest absolute Gasteiger partial charge is 0.441 e.